The number of rotatable bonds is 7. The lowest BCUT2D eigenvalue weighted by molar-refractivity contribution is 0.0717. The van der Waals surface area contributed by atoms with Gasteiger partial charge < -0.3 is 24.5 Å². The van der Waals surface area contributed by atoms with Crippen LogP contribution in [0, 0.1) is 5.82 Å². The molecule has 0 aromatic carbocycles. The number of likely N-dealkylation sites (tertiary alicyclic amines) is 1. The molecule has 1 fully saturated rings. The number of nitrogens with zero attached hydrogens (tertiary/aromatic N) is 4. The summed E-state index contributed by atoms with van der Waals surface area (Å²) in [6.45, 7) is 3.47. The number of hydrogen-bond acceptors (Lipinski definition) is 8. The number of pyridine rings is 3. The van der Waals surface area contributed by atoms with E-state index in [1.807, 2.05) is 6.07 Å². The summed E-state index contributed by atoms with van der Waals surface area (Å²) in [7, 11) is 0. The number of aromatic nitrogens is 3. The standard InChI is InChI=1S/C24H28FN5O4/c25-16-9-21-20(28-12-16)1-2-24(32)30(21)6-5-29-4-3-17(10-19(29)15-31)26-13-18-11-22-23(14-27-18)34-8-7-33-22/h1-2,9,11-12,14,17,19,26,31H,3-8,10,13,15H2/t17-,19+/m1/s1. The zero-order chi connectivity index (χ0) is 23.5. The molecule has 0 bridgehead atoms. The summed E-state index contributed by atoms with van der Waals surface area (Å²) >= 11 is 0. The van der Waals surface area contributed by atoms with Crippen molar-refractivity contribution in [1.29, 1.82) is 0 Å². The molecule has 1 saturated heterocycles. The second kappa shape index (κ2) is 10.0. The van der Waals surface area contributed by atoms with Crippen molar-refractivity contribution in [2.24, 2.45) is 0 Å². The Bertz CT molecular complexity index is 1220. The van der Waals surface area contributed by atoms with Gasteiger partial charge in [0, 0.05) is 56.5 Å². The summed E-state index contributed by atoms with van der Waals surface area (Å²) in [5.41, 5.74) is 1.75. The summed E-state index contributed by atoms with van der Waals surface area (Å²) in [5, 5.41) is 13.6. The molecule has 2 aliphatic rings. The van der Waals surface area contributed by atoms with Crippen LogP contribution in [0.25, 0.3) is 11.0 Å². The molecule has 34 heavy (non-hydrogen) atoms. The van der Waals surface area contributed by atoms with Crippen LogP contribution in [0.2, 0.25) is 0 Å². The van der Waals surface area contributed by atoms with Crippen molar-refractivity contribution in [3.63, 3.8) is 0 Å². The topological polar surface area (TPSA) is 102 Å². The number of fused-ring (bicyclic) bond motifs is 2. The Kier molecular flexibility index (Phi) is 6.70. The molecule has 0 aliphatic carbocycles. The number of nitrogens with one attached hydrogen (secondary N) is 1. The third-order valence-electron chi connectivity index (χ3n) is 6.52. The number of hydrogen-bond donors (Lipinski definition) is 2. The number of piperidine rings is 1. The molecule has 0 radical (unpaired) electrons. The lowest BCUT2D eigenvalue weighted by atomic mass is 9.97. The van der Waals surface area contributed by atoms with E-state index >= 15 is 0 Å². The summed E-state index contributed by atoms with van der Waals surface area (Å²) in [4.78, 5) is 23.1. The minimum absolute atomic E-state index is 0.0278. The highest BCUT2D eigenvalue weighted by Gasteiger charge is 2.28. The molecule has 2 N–H and O–H groups in total. The minimum Gasteiger partial charge on any atom is -0.486 e. The van der Waals surface area contributed by atoms with Crippen molar-refractivity contribution < 1.29 is 19.0 Å². The molecule has 2 atom stereocenters. The second-order valence-corrected chi connectivity index (χ2v) is 8.67. The average Bonchev–Trinajstić information content (AvgIpc) is 2.87. The molecule has 5 rings (SSSR count). The van der Waals surface area contributed by atoms with Gasteiger partial charge >= 0.3 is 0 Å². The maximum atomic E-state index is 13.7. The van der Waals surface area contributed by atoms with Crippen molar-refractivity contribution in [3.05, 3.63) is 58.5 Å². The Balaban J connectivity index is 1.19. The third-order valence-corrected chi connectivity index (χ3v) is 6.52. The molecule has 9 nitrogen and oxygen atoms in total. The van der Waals surface area contributed by atoms with E-state index in [1.54, 1.807) is 16.8 Å². The quantitative estimate of drug-likeness (QED) is 0.534. The summed E-state index contributed by atoms with van der Waals surface area (Å²) in [5.74, 6) is 0.923. The monoisotopic (exact) mass is 469 g/mol. The molecule has 0 spiro atoms. The van der Waals surface area contributed by atoms with Gasteiger partial charge in [0.25, 0.3) is 5.56 Å². The highest BCUT2D eigenvalue weighted by Crippen LogP contribution is 2.29. The van der Waals surface area contributed by atoms with Crippen molar-refractivity contribution >= 4 is 11.0 Å². The highest BCUT2D eigenvalue weighted by atomic mass is 19.1. The zero-order valence-corrected chi connectivity index (χ0v) is 18.8. The van der Waals surface area contributed by atoms with E-state index in [0.717, 1.165) is 37.0 Å². The maximum Gasteiger partial charge on any atom is 0.251 e. The van der Waals surface area contributed by atoms with Gasteiger partial charge in [-0.25, -0.2) is 4.39 Å². The molecule has 0 unspecified atom stereocenters. The summed E-state index contributed by atoms with van der Waals surface area (Å²) in [6.07, 6.45) is 4.53. The van der Waals surface area contributed by atoms with Crippen LogP contribution in [0.4, 0.5) is 4.39 Å². The Morgan fingerprint density at radius 2 is 1.97 bits per heavy atom. The van der Waals surface area contributed by atoms with Crippen molar-refractivity contribution in [3.8, 4) is 11.5 Å². The second-order valence-electron chi connectivity index (χ2n) is 8.67. The predicted octanol–water partition coefficient (Wildman–Crippen LogP) is 1.32. The first-order valence-corrected chi connectivity index (χ1v) is 11.6. The van der Waals surface area contributed by atoms with Gasteiger partial charge in [0.05, 0.1) is 35.7 Å². The largest absolute Gasteiger partial charge is 0.486 e. The first-order valence-electron chi connectivity index (χ1n) is 11.6. The van der Waals surface area contributed by atoms with E-state index in [9.17, 15) is 14.3 Å². The van der Waals surface area contributed by atoms with Crippen LogP contribution in [-0.4, -0.2) is 69.5 Å². The first kappa shape index (κ1) is 22.7. The number of aliphatic hydroxyl groups is 1. The van der Waals surface area contributed by atoms with Gasteiger partial charge in [-0.15, -0.1) is 0 Å². The van der Waals surface area contributed by atoms with Gasteiger partial charge in [-0.3, -0.25) is 19.7 Å². The highest BCUT2D eigenvalue weighted by molar-refractivity contribution is 5.74. The van der Waals surface area contributed by atoms with Gasteiger partial charge in [-0.05, 0) is 18.9 Å². The first-order chi connectivity index (χ1) is 16.6. The molecule has 180 valence electrons. The van der Waals surface area contributed by atoms with Crippen LogP contribution in [0.3, 0.4) is 0 Å². The number of ether oxygens (including phenoxy) is 2. The Morgan fingerprint density at radius 3 is 2.82 bits per heavy atom. The molecular formula is C24H28FN5O4. The molecule has 0 amide bonds. The van der Waals surface area contributed by atoms with Crippen LogP contribution in [0.15, 0.2) is 41.5 Å². The van der Waals surface area contributed by atoms with E-state index in [1.165, 1.54) is 12.1 Å². The van der Waals surface area contributed by atoms with E-state index in [-0.39, 0.29) is 24.2 Å². The van der Waals surface area contributed by atoms with E-state index in [2.05, 4.69) is 20.2 Å². The van der Waals surface area contributed by atoms with Crippen LogP contribution >= 0.6 is 0 Å². The zero-order valence-electron chi connectivity index (χ0n) is 18.8. The van der Waals surface area contributed by atoms with E-state index in [4.69, 9.17) is 9.47 Å². The van der Waals surface area contributed by atoms with Crippen molar-refractivity contribution in [2.75, 3.05) is 32.9 Å². The Morgan fingerprint density at radius 1 is 1.12 bits per heavy atom. The fourth-order valence-corrected chi connectivity index (χ4v) is 4.71. The van der Waals surface area contributed by atoms with Gasteiger partial charge in [0.1, 0.15) is 19.0 Å². The van der Waals surface area contributed by atoms with Crippen LogP contribution in [0.5, 0.6) is 11.5 Å². The third kappa shape index (κ3) is 4.89. The summed E-state index contributed by atoms with van der Waals surface area (Å²) < 4.78 is 26.4. The van der Waals surface area contributed by atoms with Crippen LogP contribution < -0.4 is 20.3 Å². The normalized spacial score (nSPS) is 20.5. The molecule has 5 heterocycles. The number of aliphatic hydroxyl groups excluding tert-OH is 1. The van der Waals surface area contributed by atoms with E-state index < -0.39 is 5.82 Å². The van der Waals surface area contributed by atoms with Crippen LogP contribution in [0.1, 0.15) is 18.5 Å². The molecule has 0 saturated carbocycles. The molecule has 10 heteroatoms. The van der Waals surface area contributed by atoms with Gasteiger partial charge in [0.2, 0.25) is 0 Å². The fourth-order valence-electron chi connectivity index (χ4n) is 4.71. The molecule has 3 aromatic rings. The van der Waals surface area contributed by atoms with Gasteiger partial charge in [-0.1, -0.05) is 0 Å². The Labute approximate surface area is 196 Å². The van der Waals surface area contributed by atoms with Gasteiger partial charge in [0.15, 0.2) is 11.5 Å². The SMILES string of the molecule is O=c1ccc2ncc(F)cc2n1CCN1CC[C@@H](NCc2cc3c(cn2)OCCO3)C[C@H]1CO. The smallest absolute Gasteiger partial charge is 0.251 e. The van der Waals surface area contributed by atoms with Crippen molar-refractivity contribution in [2.45, 2.75) is 38.0 Å². The van der Waals surface area contributed by atoms with Crippen LogP contribution in [-0.2, 0) is 13.1 Å². The molecular weight excluding hydrogens is 441 g/mol. The average molecular weight is 470 g/mol. The minimum atomic E-state index is -0.473. The summed E-state index contributed by atoms with van der Waals surface area (Å²) in [6, 6.07) is 6.52. The maximum absolute atomic E-state index is 13.7. The van der Waals surface area contributed by atoms with Crippen molar-refractivity contribution in [1.82, 2.24) is 24.8 Å². The predicted molar refractivity (Wildman–Crippen MR) is 123 cm³/mol. The molecule has 2 aliphatic heterocycles. The Hall–Kier alpha value is -3.08. The number of halogens is 1. The van der Waals surface area contributed by atoms with E-state index in [0.29, 0.717) is 49.6 Å². The lowest BCUT2D eigenvalue weighted by Crippen LogP contribution is -2.51. The lowest BCUT2D eigenvalue weighted by Gasteiger charge is -2.39. The fraction of sp³-hybridized carbons (Fsp3) is 0.458. The molecule has 3 aromatic heterocycles. The van der Waals surface area contributed by atoms with Gasteiger partial charge in [-0.2, -0.15) is 0 Å².